The van der Waals surface area contributed by atoms with Crippen LogP contribution in [0.25, 0.3) is 0 Å². The summed E-state index contributed by atoms with van der Waals surface area (Å²) in [4.78, 5) is 1.56. The average Bonchev–Trinajstić information content (AvgIpc) is 3.40. The molecule has 1 aliphatic heterocycles. The van der Waals surface area contributed by atoms with Gasteiger partial charge in [-0.25, -0.2) is 21.6 Å². The van der Waals surface area contributed by atoms with E-state index in [1.807, 2.05) is 4.90 Å². The first-order chi connectivity index (χ1) is 13.6. The van der Waals surface area contributed by atoms with E-state index in [1.54, 1.807) is 0 Å². The van der Waals surface area contributed by atoms with Gasteiger partial charge < -0.3 is 4.74 Å². The van der Waals surface area contributed by atoms with E-state index in [9.17, 15) is 21.6 Å². The minimum atomic E-state index is -3.59. The molecule has 0 radical (unpaired) electrons. The molecule has 29 heavy (non-hydrogen) atoms. The number of alkyl halides is 2. The molecule has 0 N–H and O–H groups in total. The van der Waals surface area contributed by atoms with Gasteiger partial charge >= 0.3 is 0 Å². The number of hydrogen-bond acceptors (Lipinski definition) is 4. The fourth-order valence-corrected chi connectivity index (χ4v) is 5.09. The monoisotopic (exact) mass is 433 g/mol. The van der Waals surface area contributed by atoms with Crippen LogP contribution in [-0.2, 0) is 9.84 Å². The minimum Gasteiger partial charge on any atom is -0.493 e. The van der Waals surface area contributed by atoms with Gasteiger partial charge in [-0.15, -0.1) is 0 Å². The molecule has 1 saturated carbocycles. The van der Waals surface area contributed by atoms with Crippen LogP contribution in [0.4, 0.5) is 13.2 Å². The summed E-state index contributed by atoms with van der Waals surface area (Å²) in [7, 11) is -3.59. The fraction of sp³-hybridized carbons (Fsp3) is 0.714. The molecule has 1 aliphatic carbocycles. The molecule has 1 saturated heterocycles. The molecule has 2 fully saturated rings. The maximum Gasteiger partial charge on any atom is 0.260 e. The number of benzene rings is 1. The lowest BCUT2D eigenvalue weighted by Crippen LogP contribution is -2.41. The normalized spacial score (nSPS) is 23.9. The van der Waals surface area contributed by atoms with Crippen LogP contribution in [0.3, 0.4) is 0 Å². The third kappa shape index (κ3) is 6.10. The van der Waals surface area contributed by atoms with E-state index in [2.05, 4.69) is 0 Å². The Morgan fingerprint density at radius 3 is 2.52 bits per heavy atom. The molecule has 2 atom stereocenters. The summed E-state index contributed by atoms with van der Waals surface area (Å²) in [5.41, 5.74) is 0. The van der Waals surface area contributed by atoms with Gasteiger partial charge in [0.2, 0.25) is 0 Å². The lowest BCUT2D eigenvalue weighted by molar-refractivity contribution is -0.0424. The highest BCUT2D eigenvalue weighted by Gasteiger charge is 2.43. The van der Waals surface area contributed by atoms with Crippen LogP contribution in [0.1, 0.15) is 39.0 Å². The molecule has 2 aliphatic rings. The van der Waals surface area contributed by atoms with E-state index in [-0.39, 0.29) is 17.9 Å². The molecule has 1 unspecified atom stereocenters. The van der Waals surface area contributed by atoms with E-state index in [4.69, 9.17) is 4.74 Å². The van der Waals surface area contributed by atoms with E-state index < -0.39 is 21.6 Å². The van der Waals surface area contributed by atoms with Crippen LogP contribution >= 0.6 is 0 Å². The van der Waals surface area contributed by atoms with Crippen LogP contribution in [0.15, 0.2) is 23.1 Å². The van der Waals surface area contributed by atoms with Gasteiger partial charge in [0.15, 0.2) is 9.84 Å². The summed E-state index contributed by atoms with van der Waals surface area (Å²) in [6, 6.07) is 3.82. The second-order valence-electron chi connectivity index (χ2n) is 8.48. The zero-order valence-electron chi connectivity index (χ0n) is 17.0. The lowest BCUT2D eigenvalue weighted by atomic mass is 9.90. The molecule has 164 valence electrons. The number of likely N-dealkylation sites (tertiary alicyclic amines) is 1. The maximum atomic E-state index is 13.9. The topological polar surface area (TPSA) is 46.6 Å². The van der Waals surface area contributed by atoms with Crippen LogP contribution in [0.5, 0.6) is 5.75 Å². The van der Waals surface area contributed by atoms with Gasteiger partial charge in [-0.05, 0) is 68.7 Å². The predicted octanol–water partition coefficient (Wildman–Crippen LogP) is 4.39. The summed E-state index contributed by atoms with van der Waals surface area (Å²) < 4.78 is 69.5. The zero-order valence-corrected chi connectivity index (χ0v) is 17.9. The minimum absolute atomic E-state index is 0.113. The average molecular weight is 434 g/mol. The first-order valence-electron chi connectivity index (χ1n) is 10.3. The van der Waals surface area contributed by atoms with Crippen molar-refractivity contribution >= 4 is 9.84 Å². The standard InChI is InChI=1S/C21H30F3NO3S/c1-3-21(23,24)14-25-9-6-15(7-10-25)18-12-16(18)8-11-28-17-4-5-20(19(22)13-17)29(2,26)27/h4-5,13,15-16,18H,3,6-12,14H2,1-2H3/t16?,18-/m1/s1. The van der Waals surface area contributed by atoms with Gasteiger partial charge in [0.1, 0.15) is 16.5 Å². The Labute approximate surface area is 171 Å². The Hall–Kier alpha value is -1.28. The molecule has 1 heterocycles. The highest BCUT2D eigenvalue weighted by Crippen LogP contribution is 2.49. The molecular weight excluding hydrogens is 403 g/mol. The lowest BCUT2D eigenvalue weighted by Gasteiger charge is -2.34. The largest absolute Gasteiger partial charge is 0.493 e. The van der Waals surface area contributed by atoms with Crippen molar-refractivity contribution in [3.8, 4) is 5.75 Å². The van der Waals surface area contributed by atoms with Crippen molar-refractivity contribution in [3.63, 3.8) is 0 Å². The van der Waals surface area contributed by atoms with Gasteiger partial charge in [0, 0.05) is 18.7 Å². The van der Waals surface area contributed by atoms with E-state index in [0.717, 1.165) is 51.1 Å². The fourth-order valence-electron chi connectivity index (χ4n) is 4.36. The van der Waals surface area contributed by atoms with Crippen molar-refractivity contribution < 1.29 is 26.3 Å². The Bertz CT molecular complexity index is 807. The van der Waals surface area contributed by atoms with E-state index in [1.165, 1.54) is 19.1 Å². The molecule has 1 aromatic rings. The summed E-state index contributed by atoms with van der Waals surface area (Å²) in [6.07, 6.45) is 4.81. The Morgan fingerprint density at radius 1 is 1.24 bits per heavy atom. The second kappa shape index (κ2) is 8.84. The van der Waals surface area contributed by atoms with Crippen molar-refractivity contribution in [3.05, 3.63) is 24.0 Å². The van der Waals surface area contributed by atoms with Gasteiger partial charge in [0.25, 0.3) is 5.92 Å². The van der Waals surface area contributed by atoms with Crippen molar-refractivity contribution in [2.75, 3.05) is 32.5 Å². The molecule has 0 aromatic heterocycles. The summed E-state index contributed by atoms with van der Waals surface area (Å²) >= 11 is 0. The molecule has 1 aromatic carbocycles. The van der Waals surface area contributed by atoms with Crippen LogP contribution in [0.2, 0.25) is 0 Å². The molecule has 0 spiro atoms. The number of rotatable bonds is 9. The number of sulfone groups is 1. The first kappa shape index (κ1) is 22.4. The molecule has 4 nitrogen and oxygen atoms in total. The quantitative estimate of drug-likeness (QED) is 0.580. The molecule has 8 heteroatoms. The van der Waals surface area contributed by atoms with Crippen LogP contribution in [0, 0.1) is 23.6 Å². The molecular formula is C21H30F3NO3S. The number of nitrogens with zero attached hydrogens (tertiary/aromatic N) is 1. The third-order valence-corrected chi connectivity index (χ3v) is 7.38. The smallest absolute Gasteiger partial charge is 0.260 e. The van der Waals surface area contributed by atoms with Crippen LogP contribution < -0.4 is 4.74 Å². The van der Waals surface area contributed by atoms with Crippen molar-refractivity contribution in [2.24, 2.45) is 17.8 Å². The molecule has 0 amide bonds. The first-order valence-corrected chi connectivity index (χ1v) is 12.2. The van der Waals surface area contributed by atoms with Crippen molar-refractivity contribution in [1.82, 2.24) is 4.90 Å². The molecule has 0 bridgehead atoms. The number of ether oxygens (including phenoxy) is 1. The van der Waals surface area contributed by atoms with Crippen molar-refractivity contribution in [2.45, 2.75) is 49.8 Å². The van der Waals surface area contributed by atoms with E-state index in [0.29, 0.717) is 30.1 Å². The van der Waals surface area contributed by atoms with Crippen LogP contribution in [-0.4, -0.2) is 51.7 Å². The Balaban J connectivity index is 1.38. The Kier molecular flexibility index (Phi) is 6.83. The van der Waals surface area contributed by atoms with Gasteiger partial charge in [-0.1, -0.05) is 6.92 Å². The number of hydrogen-bond donors (Lipinski definition) is 0. The third-order valence-electron chi connectivity index (χ3n) is 6.25. The van der Waals surface area contributed by atoms with Gasteiger partial charge in [-0.3, -0.25) is 4.90 Å². The molecule has 3 rings (SSSR count). The number of halogens is 3. The number of piperidine rings is 1. The summed E-state index contributed by atoms with van der Waals surface area (Å²) in [5.74, 6) is -1.25. The summed E-state index contributed by atoms with van der Waals surface area (Å²) in [5, 5.41) is 0. The Morgan fingerprint density at radius 2 is 1.93 bits per heavy atom. The van der Waals surface area contributed by atoms with E-state index >= 15 is 0 Å². The van der Waals surface area contributed by atoms with Gasteiger partial charge in [0.05, 0.1) is 13.2 Å². The summed E-state index contributed by atoms with van der Waals surface area (Å²) in [6.45, 7) is 3.34. The second-order valence-corrected chi connectivity index (χ2v) is 10.5. The zero-order chi connectivity index (χ0) is 21.2. The maximum absolute atomic E-state index is 13.9. The highest BCUT2D eigenvalue weighted by molar-refractivity contribution is 7.90. The highest BCUT2D eigenvalue weighted by atomic mass is 32.2. The van der Waals surface area contributed by atoms with Gasteiger partial charge in [-0.2, -0.15) is 0 Å². The van der Waals surface area contributed by atoms with Crippen molar-refractivity contribution in [1.29, 1.82) is 0 Å². The predicted molar refractivity (Wildman–Crippen MR) is 106 cm³/mol. The SMILES string of the molecule is CCC(F)(F)CN1CCC([C@H]2CC2CCOc2ccc(S(C)(=O)=O)c(F)c2)CC1.